The van der Waals surface area contributed by atoms with Crippen molar-refractivity contribution in [3.63, 3.8) is 0 Å². The molecular weight excluding hydrogens is 465 g/mol. The van der Waals surface area contributed by atoms with Crippen LogP contribution in [0.5, 0.6) is 17.2 Å². The van der Waals surface area contributed by atoms with Gasteiger partial charge in [-0.2, -0.15) is 0 Å². The number of methoxy groups -OCH3 is 1. The summed E-state index contributed by atoms with van der Waals surface area (Å²) < 4.78 is 16.9. The van der Waals surface area contributed by atoms with Gasteiger partial charge in [-0.25, -0.2) is 0 Å². The zero-order valence-corrected chi connectivity index (χ0v) is 19.8. The van der Waals surface area contributed by atoms with Crippen LogP contribution in [0.25, 0.3) is 10.9 Å². The van der Waals surface area contributed by atoms with Crippen molar-refractivity contribution < 1.29 is 19.0 Å². The summed E-state index contributed by atoms with van der Waals surface area (Å²) in [6.07, 6.45) is 2.49. The molecule has 2 aromatic carbocycles. The first-order chi connectivity index (χ1) is 16.0. The number of nitrogens with one attached hydrogen (secondary N) is 1. The minimum absolute atomic E-state index is 0.208. The Labute approximate surface area is 202 Å². The molecule has 0 aliphatic carbocycles. The molecule has 0 atom stereocenters. The maximum Gasteiger partial charge on any atom is 0.255 e. The molecular formula is C24H25Cl2N3O4. The second-order valence-corrected chi connectivity index (χ2v) is 8.43. The van der Waals surface area contributed by atoms with Gasteiger partial charge in [0.1, 0.15) is 17.2 Å². The number of fused-ring (bicyclic) bond motifs is 1. The Morgan fingerprint density at radius 2 is 1.94 bits per heavy atom. The van der Waals surface area contributed by atoms with Crippen LogP contribution in [0.3, 0.4) is 0 Å². The summed E-state index contributed by atoms with van der Waals surface area (Å²) in [5.74, 6) is 1.32. The summed E-state index contributed by atoms with van der Waals surface area (Å²) >= 11 is 12.1. The first kappa shape index (κ1) is 23.6. The van der Waals surface area contributed by atoms with Crippen molar-refractivity contribution in [2.45, 2.75) is 6.42 Å². The molecule has 3 aromatic rings. The van der Waals surface area contributed by atoms with Crippen molar-refractivity contribution in [1.82, 2.24) is 15.2 Å². The third-order valence-electron chi connectivity index (χ3n) is 5.43. The van der Waals surface area contributed by atoms with E-state index in [4.69, 9.17) is 37.4 Å². The van der Waals surface area contributed by atoms with Gasteiger partial charge < -0.3 is 19.5 Å². The van der Waals surface area contributed by atoms with E-state index < -0.39 is 0 Å². The molecule has 1 amide bonds. The molecule has 0 radical (unpaired) electrons. The minimum atomic E-state index is -0.208. The Hall–Kier alpha value is -2.58. The second-order valence-electron chi connectivity index (χ2n) is 7.62. The van der Waals surface area contributed by atoms with Crippen molar-refractivity contribution in [2.75, 3.05) is 46.5 Å². The van der Waals surface area contributed by atoms with Gasteiger partial charge >= 0.3 is 0 Å². The van der Waals surface area contributed by atoms with Gasteiger partial charge in [-0.1, -0.05) is 23.2 Å². The number of nitrogens with zero attached hydrogens (tertiary/aromatic N) is 2. The zero-order chi connectivity index (χ0) is 23.2. The zero-order valence-electron chi connectivity index (χ0n) is 18.3. The molecule has 33 heavy (non-hydrogen) atoms. The molecule has 0 saturated carbocycles. The number of hydrogen-bond acceptors (Lipinski definition) is 6. The number of rotatable bonds is 8. The van der Waals surface area contributed by atoms with Gasteiger partial charge in [-0.3, -0.25) is 14.7 Å². The molecule has 2 heterocycles. The Kier molecular flexibility index (Phi) is 7.88. The summed E-state index contributed by atoms with van der Waals surface area (Å²) in [7, 11) is 1.53. The summed E-state index contributed by atoms with van der Waals surface area (Å²) in [4.78, 5) is 19.7. The topological polar surface area (TPSA) is 72.9 Å². The Morgan fingerprint density at radius 1 is 1.12 bits per heavy atom. The number of hydrogen-bond donors (Lipinski definition) is 1. The van der Waals surface area contributed by atoms with Crippen molar-refractivity contribution in [1.29, 1.82) is 0 Å². The lowest BCUT2D eigenvalue weighted by atomic mass is 10.1. The SMILES string of the molecule is COc1cc2nccc(Oc3ccc(Cl)c(Cl)c3)c2cc1C(=O)NCCCN1CCOCC1. The average molecular weight is 490 g/mol. The fraction of sp³-hybridized carbons (Fsp3) is 0.333. The van der Waals surface area contributed by atoms with Crippen LogP contribution in [0.15, 0.2) is 42.6 Å². The van der Waals surface area contributed by atoms with Gasteiger partial charge in [0.25, 0.3) is 5.91 Å². The van der Waals surface area contributed by atoms with E-state index in [2.05, 4.69) is 15.2 Å². The largest absolute Gasteiger partial charge is 0.496 e. The average Bonchev–Trinajstić information content (AvgIpc) is 2.84. The Morgan fingerprint density at radius 3 is 2.70 bits per heavy atom. The van der Waals surface area contributed by atoms with E-state index in [1.165, 1.54) is 7.11 Å². The van der Waals surface area contributed by atoms with Crippen LogP contribution in [0.4, 0.5) is 0 Å². The summed E-state index contributed by atoms with van der Waals surface area (Å²) in [5, 5.41) is 4.51. The van der Waals surface area contributed by atoms with Crippen LogP contribution in [-0.4, -0.2) is 62.3 Å². The number of halogens is 2. The van der Waals surface area contributed by atoms with Crippen LogP contribution in [0.2, 0.25) is 10.0 Å². The fourth-order valence-corrected chi connectivity index (χ4v) is 3.96. The third-order valence-corrected chi connectivity index (χ3v) is 6.17. The molecule has 1 aliphatic heterocycles. The molecule has 4 rings (SSSR count). The standard InChI is InChI=1S/C24H25Cl2N3O4/c1-31-23-15-21-17(22(5-7-27-21)33-16-3-4-19(25)20(26)13-16)14-18(23)24(30)28-6-2-8-29-9-11-32-12-10-29/h3-5,7,13-15H,2,6,8-12H2,1H3,(H,28,30). The molecule has 0 spiro atoms. The molecule has 1 N–H and O–H groups in total. The summed E-state index contributed by atoms with van der Waals surface area (Å²) in [5.41, 5.74) is 1.07. The maximum absolute atomic E-state index is 13.0. The smallest absolute Gasteiger partial charge is 0.255 e. The van der Waals surface area contributed by atoms with Crippen molar-refractivity contribution >= 4 is 40.0 Å². The Bertz CT molecular complexity index is 1140. The lowest BCUT2D eigenvalue weighted by Crippen LogP contribution is -2.38. The normalized spacial score (nSPS) is 14.3. The monoisotopic (exact) mass is 489 g/mol. The van der Waals surface area contributed by atoms with Gasteiger partial charge in [0.2, 0.25) is 0 Å². The lowest BCUT2D eigenvalue weighted by molar-refractivity contribution is 0.0374. The van der Waals surface area contributed by atoms with Crippen LogP contribution in [0.1, 0.15) is 16.8 Å². The molecule has 9 heteroatoms. The predicted octanol–water partition coefficient (Wildman–Crippen LogP) is 4.79. The number of amides is 1. The molecule has 1 saturated heterocycles. The molecule has 0 unspecified atom stereocenters. The highest BCUT2D eigenvalue weighted by Crippen LogP contribution is 2.35. The van der Waals surface area contributed by atoms with E-state index >= 15 is 0 Å². The molecule has 1 fully saturated rings. The van der Waals surface area contributed by atoms with Crippen LogP contribution >= 0.6 is 23.2 Å². The van der Waals surface area contributed by atoms with E-state index in [9.17, 15) is 4.79 Å². The predicted molar refractivity (Wildman–Crippen MR) is 129 cm³/mol. The van der Waals surface area contributed by atoms with Gasteiger partial charge in [0, 0.05) is 43.4 Å². The molecule has 1 aliphatic rings. The third kappa shape index (κ3) is 5.86. The number of carbonyl (C=O) groups excluding carboxylic acids is 1. The van der Waals surface area contributed by atoms with E-state index in [1.54, 1.807) is 42.6 Å². The first-order valence-electron chi connectivity index (χ1n) is 10.7. The lowest BCUT2D eigenvalue weighted by Gasteiger charge is -2.26. The summed E-state index contributed by atoms with van der Waals surface area (Å²) in [6, 6.07) is 10.3. The van der Waals surface area contributed by atoms with Gasteiger partial charge in [0.05, 0.1) is 41.4 Å². The van der Waals surface area contributed by atoms with E-state index in [0.717, 1.165) is 39.3 Å². The van der Waals surface area contributed by atoms with Gasteiger partial charge in [-0.15, -0.1) is 0 Å². The maximum atomic E-state index is 13.0. The number of pyridine rings is 1. The highest BCUT2D eigenvalue weighted by molar-refractivity contribution is 6.42. The molecule has 0 bridgehead atoms. The van der Waals surface area contributed by atoms with Gasteiger partial charge in [-0.05, 0) is 37.2 Å². The molecule has 1 aromatic heterocycles. The van der Waals surface area contributed by atoms with Crippen molar-refractivity contribution in [3.8, 4) is 17.2 Å². The van der Waals surface area contributed by atoms with E-state index in [-0.39, 0.29) is 5.91 Å². The molecule has 174 valence electrons. The summed E-state index contributed by atoms with van der Waals surface area (Å²) in [6.45, 7) is 4.88. The number of benzene rings is 2. The van der Waals surface area contributed by atoms with Crippen LogP contribution in [-0.2, 0) is 4.74 Å². The minimum Gasteiger partial charge on any atom is -0.496 e. The second kappa shape index (κ2) is 11.0. The van der Waals surface area contributed by atoms with Crippen molar-refractivity contribution in [3.05, 3.63) is 58.2 Å². The van der Waals surface area contributed by atoms with Crippen molar-refractivity contribution in [2.24, 2.45) is 0 Å². The van der Waals surface area contributed by atoms with Crippen LogP contribution < -0.4 is 14.8 Å². The number of morpholine rings is 1. The fourth-order valence-electron chi connectivity index (χ4n) is 3.68. The van der Waals surface area contributed by atoms with Gasteiger partial charge in [0.15, 0.2) is 0 Å². The highest BCUT2D eigenvalue weighted by Gasteiger charge is 2.17. The first-order valence-corrected chi connectivity index (χ1v) is 11.5. The van der Waals surface area contributed by atoms with E-state index in [0.29, 0.717) is 50.3 Å². The Balaban J connectivity index is 1.51. The number of aromatic nitrogens is 1. The number of ether oxygens (including phenoxy) is 3. The van der Waals surface area contributed by atoms with Crippen LogP contribution in [0, 0.1) is 0 Å². The van der Waals surface area contributed by atoms with E-state index in [1.807, 2.05) is 0 Å². The molecule has 7 nitrogen and oxygen atoms in total. The highest BCUT2D eigenvalue weighted by atomic mass is 35.5. The number of carbonyl (C=O) groups is 1. The quantitative estimate of drug-likeness (QED) is 0.458.